The molecule has 15 nitrogen and oxygen atoms in total. The number of nitrogen functional groups attached to an aromatic ring is 1. The van der Waals surface area contributed by atoms with Gasteiger partial charge in [-0.2, -0.15) is 0 Å². The van der Waals surface area contributed by atoms with Crippen molar-refractivity contribution in [1.82, 2.24) is 0 Å². The van der Waals surface area contributed by atoms with Crippen molar-refractivity contribution >= 4 is 70.0 Å². The van der Waals surface area contributed by atoms with Gasteiger partial charge in [-0.1, -0.05) is 12.1 Å². The summed E-state index contributed by atoms with van der Waals surface area (Å²) in [6, 6.07) is 12.1. The average molecular weight is 732 g/mol. The van der Waals surface area contributed by atoms with Crippen LogP contribution in [0.4, 0.5) is 17.1 Å². The fourth-order valence-corrected chi connectivity index (χ4v) is 6.25. The quantitative estimate of drug-likeness (QED) is 0.0822. The first kappa shape index (κ1) is 43.6. The van der Waals surface area contributed by atoms with Crippen molar-refractivity contribution in [1.29, 1.82) is 0 Å². The number of anilines is 3. The average Bonchev–Trinajstić information content (AvgIpc) is 2.91. The maximum Gasteiger partial charge on any atom is 1.00 e. The second-order valence-electron chi connectivity index (χ2n) is 9.16. The summed E-state index contributed by atoms with van der Waals surface area (Å²) < 4.78 is 112. The van der Waals surface area contributed by atoms with Crippen molar-refractivity contribution in [3.05, 3.63) is 83.4 Å². The number of benzene rings is 4. The monoisotopic (exact) mass is 731 g/mol. The number of nitrogens with two attached hydrogens (primary N) is 1. The molecule has 47 heavy (non-hydrogen) atoms. The second-order valence-corrected chi connectivity index (χ2v) is 13.2. The van der Waals surface area contributed by atoms with Crippen LogP contribution in [0.25, 0.3) is 10.8 Å². The molecule has 0 saturated heterocycles. The molecule has 0 aromatic heterocycles. The molecule has 0 unspecified atom stereocenters. The first-order valence-electron chi connectivity index (χ1n) is 12.0. The van der Waals surface area contributed by atoms with Crippen LogP contribution in [-0.4, -0.2) is 57.8 Å². The normalized spacial score (nSPS) is 11.4. The maximum absolute atomic E-state index is 13.3. The van der Waals surface area contributed by atoms with E-state index in [2.05, 4.69) is 10.6 Å². The van der Waals surface area contributed by atoms with Crippen molar-refractivity contribution in [2.75, 3.05) is 23.5 Å². The summed E-state index contributed by atoms with van der Waals surface area (Å²) in [6.07, 6.45) is 0. The van der Waals surface area contributed by atoms with E-state index < -0.39 is 73.3 Å². The minimum atomic E-state index is -5.63. The van der Waals surface area contributed by atoms with Gasteiger partial charge >= 0.3 is 88.7 Å². The van der Waals surface area contributed by atoms with Gasteiger partial charge in [-0.3, -0.25) is 9.59 Å². The minimum Gasteiger partial charge on any atom is -0.744 e. The Kier molecular flexibility index (Phi) is 15.8. The van der Waals surface area contributed by atoms with Gasteiger partial charge in [-0.25, -0.2) is 25.3 Å². The van der Waals surface area contributed by atoms with Gasteiger partial charge in [-0.05, 0) is 54.6 Å². The van der Waals surface area contributed by atoms with Crippen LogP contribution in [0.15, 0.2) is 81.4 Å². The van der Waals surface area contributed by atoms with Crippen LogP contribution < -0.4 is 105 Å². The summed E-state index contributed by atoms with van der Waals surface area (Å²) in [5, 5.41) is 3.20. The van der Waals surface area contributed by atoms with Crippen molar-refractivity contribution in [2.24, 2.45) is 0 Å². The van der Waals surface area contributed by atoms with Gasteiger partial charge in [-0.15, -0.1) is 0 Å². The van der Waals surface area contributed by atoms with Crippen LogP contribution in [0.5, 0.6) is 0 Å². The Morgan fingerprint density at radius 2 is 1.28 bits per heavy atom. The predicted molar refractivity (Wildman–Crippen MR) is 152 cm³/mol. The van der Waals surface area contributed by atoms with Crippen LogP contribution in [0.1, 0.15) is 26.3 Å². The molecule has 4 rings (SSSR count). The zero-order chi connectivity index (χ0) is 32.6. The third kappa shape index (κ3) is 10.5. The molecule has 0 aliphatic heterocycles. The fraction of sp³-hybridized carbons (Fsp3) is 0.0769. The molecular formula is C26H20N3Na3O12S3. The molecule has 0 aliphatic carbocycles. The number of ether oxygens (including phenoxy) is 1. The molecule has 0 fully saturated rings. The van der Waals surface area contributed by atoms with Crippen LogP contribution in [-0.2, 0) is 41.7 Å². The van der Waals surface area contributed by atoms with Crippen LogP contribution in [0.2, 0.25) is 0 Å². The predicted octanol–water partition coefficient (Wildman–Crippen LogP) is -7.20. The summed E-state index contributed by atoms with van der Waals surface area (Å²) in [5.41, 5.74) is 6.20. The molecular weight excluding hydrogens is 711 g/mol. The number of carbonyl (C=O) groups excluding carboxylic acids is 2. The van der Waals surface area contributed by atoms with E-state index in [0.29, 0.717) is 23.4 Å². The van der Waals surface area contributed by atoms with E-state index in [4.69, 9.17) is 10.5 Å². The van der Waals surface area contributed by atoms with Crippen LogP contribution in [0, 0.1) is 0 Å². The van der Waals surface area contributed by atoms with Crippen molar-refractivity contribution in [3.8, 4) is 0 Å². The van der Waals surface area contributed by atoms with Gasteiger partial charge in [0.25, 0.3) is 11.8 Å². The first-order chi connectivity index (χ1) is 20.4. The molecule has 21 heteroatoms. The Hall–Kier alpha value is -1.43. The third-order valence-electron chi connectivity index (χ3n) is 6.16. The molecule has 0 spiro atoms. The number of hydrogen-bond acceptors (Lipinski definition) is 13. The maximum atomic E-state index is 13.3. The largest absolute Gasteiger partial charge is 1.00 e. The number of fused-ring (bicyclic) bond motifs is 1. The van der Waals surface area contributed by atoms with Gasteiger partial charge in [0.2, 0.25) is 0 Å². The number of rotatable bonds is 9. The van der Waals surface area contributed by atoms with Gasteiger partial charge in [0, 0.05) is 45.9 Å². The topological polar surface area (TPSA) is 265 Å². The summed E-state index contributed by atoms with van der Waals surface area (Å²) in [5.74, 6) is -1.55. The molecule has 0 atom stereocenters. The summed E-state index contributed by atoms with van der Waals surface area (Å²) >= 11 is 0. The standard InChI is InChI=1S/C26H23N3O12S3.3Na/c1-41-13-16-6-5-15(10-21(16)29-25(30)14-3-2-4-17(27)9-14)26(31)28-20-7-8-22(43(35,36)37)19-11-18(42(32,33)34)12-23(24(19)20)44(38,39)40;;;/h2-12H,13,27H2,1H3,(H,28,31)(H,29,30)(H,32,33,34)(H,35,36,37)(H,38,39,40);;;/q;3*+1/p-3. The molecule has 2 amide bonds. The Labute approximate surface area is 336 Å². The van der Waals surface area contributed by atoms with Crippen LogP contribution >= 0.6 is 0 Å². The Morgan fingerprint density at radius 1 is 0.702 bits per heavy atom. The summed E-state index contributed by atoms with van der Waals surface area (Å²) in [7, 11) is -15.1. The van der Waals surface area contributed by atoms with Gasteiger partial charge in [0.05, 0.1) is 27.0 Å². The molecule has 0 heterocycles. The SMILES string of the molecule is COCc1ccc(C(=O)Nc2ccc(S(=O)(=O)[O-])c3cc(S(=O)(=O)[O-])cc(S(=O)(=O)[O-])c23)cc1NC(=O)c1cccc(N)c1.[Na+].[Na+].[Na+]. The van der Waals surface area contributed by atoms with Gasteiger partial charge < -0.3 is 34.8 Å². The van der Waals surface area contributed by atoms with Crippen molar-refractivity contribution in [2.45, 2.75) is 21.3 Å². The molecule has 4 aromatic carbocycles. The van der Waals surface area contributed by atoms with E-state index >= 15 is 0 Å². The van der Waals surface area contributed by atoms with Crippen molar-refractivity contribution in [3.63, 3.8) is 0 Å². The number of nitrogens with one attached hydrogen (secondary N) is 2. The molecule has 0 aliphatic rings. The third-order valence-corrected chi connectivity index (χ3v) is 8.72. The summed E-state index contributed by atoms with van der Waals surface area (Å²) in [4.78, 5) is 22.3. The molecule has 0 radical (unpaired) electrons. The molecule has 0 saturated carbocycles. The van der Waals surface area contributed by atoms with E-state index in [-0.39, 0.29) is 118 Å². The van der Waals surface area contributed by atoms with E-state index in [1.165, 1.54) is 37.4 Å². The van der Waals surface area contributed by atoms with E-state index in [0.717, 1.165) is 6.07 Å². The zero-order valence-electron chi connectivity index (χ0n) is 25.3. The number of carbonyl (C=O) groups is 2. The van der Waals surface area contributed by atoms with Crippen molar-refractivity contribution < 1.29 is 142 Å². The molecule has 232 valence electrons. The number of hydrogen-bond donors (Lipinski definition) is 3. The second kappa shape index (κ2) is 17.0. The molecule has 4 N–H and O–H groups in total. The molecule has 4 aromatic rings. The Bertz CT molecular complexity index is 2180. The fourth-order valence-electron chi connectivity index (χ4n) is 4.24. The molecule has 0 bridgehead atoms. The Balaban J connectivity index is 0.00000368. The minimum absolute atomic E-state index is 0. The number of methoxy groups -OCH3 is 1. The smallest absolute Gasteiger partial charge is 0.744 e. The zero-order valence-corrected chi connectivity index (χ0v) is 33.7. The summed E-state index contributed by atoms with van der Waals surface area (Å²) in [6.45, 7) is 0.0138. The Morgan fingerprint density at radius 3 is 1.81 bits per heavy atom. The van der Waals surface area contributed by atoms with Gasteiger partial charge in [0.1, 0.15) is 30.4 Å². The van der Waals surface area contributed by atoms with E-state index in [1.54, 1.807) is 12.1 Å². The first-order valence-corrected chi connectivity index (χ1v) is 16.2. The van der Waals surface area contributed by atoms with E-state index in [1.807, 2.05) is 0 Å². The number of amides is 2. The van der Waals surface area contributed by atoms with E-state index in [9.17, 15) is 48.5 Å². The van der Waals surface area contributed by atoms with Gasteiger partial charge in [0.15, 0.2) is 0 Å². The van der Waals surface area contributed by atoms with Crippen LogP contribution in [0.3, 0.4) is 0 Å².